The average molecular weight is 359 g/mol. The fraction of sp³-hybridized carbons (Fsp3) is 0.533. The number of hydrogen-bond donors (Lipinski definition) is 1. The highest BCUT2D eigenvalue weighted by atomic mass is 127. The highest BCUT2D eigenvalue weighted by Gasteiger charge is 2.23. The summed E-state index contributed by atoms with van der Waals surface area (Å²) in [5, 5.41) is 3.04. The Morgan fingerprint density at radius 2 is 2.00 bits per heavy atom. The summed E-state index contributed by atoms with van der Waals surface area (Å²) in [5.41, 5.74) is 2.03. The van der Waals surface area contributed by atoms with E-state index in [2.05, 4.69) is 55.6 Å². The molecule has 3 heteroatoms. The molecule has 1 N–H and O–H groups in total. The summed E-state index contributed by atoms with van der Waals surface area (Å²) in [6.45, 7) is 11.5. The number of nitrogens with one attached hydrogen (secondary N) is 1. The topological polar surface area (TPSA) is 29.1 Å². The molecule has 0 unspecified atom stereocenters. The van der Waals surface area contributed by atoms with Crippen molar-refractivity contribution in [1.82, 2.24) is 5.32 Å². The summed E-state index contributed by atoms with van der Waals surface area (Å²) in [4.78, 5) is 12.2. The lowest BCUT2D eigenvalue weighted by molar-refractivity contribution is 0.0924. The van der Waals surface area contributed by atoms with Gasteiger partial charge in [-0.25, -0.2) is 0 Å². The second-order valence-electron chi connectivity index (χ2n) is 5.76. The fourth-order valence-electron chi connectivity index (χ4n) is 1.43. The number of halogens is 1. The Bertz CT molecular complexity index is 438. The van der Waals surface area contributed by atoms with Crippen LogP contribution in [0.15, 0.2) is 18.2 Å². The summed E-state index contributed by atoms with van der Waals surface area (Å²) in [6.07, 6.45) is 0. The van der Waals surface area contributed by atoms with Crippen molar-refractivity contribution in [3.8, 4) is 0 Å². The van der Waals surface area contributed by atoms with Crippen LogP contribution in [-0.4, -0.2) is 12.5 Å². The molecule has 0 aliphatic heterocycles. The van der Waals surface area contributed by atoms with Gasteiger partial charge in [-0.15, -0.1) is 0 Å². The molecule has 1 amide bonds. The van der Waals surface area contributed by atoms with Crippen molar-refractivity contribution in [3.63, 3.8) is 0 Å². The van der Waals surface area contributed by atoms with E-state index in [0.717, 1.165) is 14.7 Å². The predicted molar refractivity (Wildman–Crippen MR) is 84.8 cm³/mol. The Hall–Kier alpha value is -0.580. The van der Waals surface area contributed by atoms with Crippen molar-refractivity contribution in [3.05, 3.63) is 32.9 Å². The third-order valence-electron chi connectivity index (χ3n) is 3.70. The normalized spacial score (nSPS) is 11.7. The summed E-state index contributed by atoms with van der Waals surface area (Å²) in [7, 11) is 0. The zero-order chi connectivity index (χ0) is 13.9. The molecule has 0 bridgehead atoms. The first-order chi connectivity index (χ1) is 8.25. The van der Waals surface area contributed by atoms with Crippen molar-refractivity contribution in [2.24, 2.45) is 11.3 Å². The molecule has 0 saturated heterocycles. The number of benzene rings is 1. The van der Waals surface area contributed by atoms with Gasteiger partial charge in [0.2, 0.25) is 0 Å². The quantitative estimate of drug-likeness (QED) is 0.809. The van der Waals surface area contributed by atoms with E-state index in [0.29, 0.717) is 12.5 Å². The van der Waals surface area contributed by atoms with Crippen molar-refractivity contribution in [1.29, 1.82) is 0 Å². The van der Waals surface area contributed by atoms with E-state index in [9.17, 15) is 4.79 Å². The maximum atomic E-state index is 12.2. The second-order valence-corrected chi connectivity index (χ2v) is 6.84. The van der Waals surface area contributed by atoms with Gasteiger partial charge in [0.05, 0.1) is 5.56 Å². The van der Waals surface area contributed by atoms with E-state index in [1.165, 1.54) is 0 Å². The van der Waals surface area contributed by atoms with E-state index >= 15 is 0 Å². The average Bonchev–Trinajstić information content (AvgIpc) is 2.29. The van der Waals surface area contributed by atoms with Gasteiger partial charge in [0.15, 0.2) is 0 Å². The molecule has 0 saturated carbocycles. The Balaban J connectivity index is 2.75. The number of carbonyl (C=O) groups is 1. The predicted octanol–water partition coefficient (Wildman–Crippen LogP) is 4.01. The molecule has 18 heavy (non-hydrogen) atoms. The minimum Gasteiger partial charge on any atom is -0.351 e. The first-order valence-corrected chi connectivity index (χ1v) is 7.37. The van der Waals surface area contributed by atoms with Crippen LogP contribution >= 0.6 is 22.6 Å². The minimum atomic E-state index is 0.0248. The molecule has 0 heterocycles. The van der Waals surface area contributed by atoms with Crippen molar-refractivity contribution >= 4 is 28.5 Å². The van der Waals surface area contributed by atoms with Crippen molar-refractivity contribution in [2.75, 3.05) is 6.54 Å². The van der Waals surface area contributed by atoms with Crippen LogP contribution in [0.4, 0.5) is 0 Å². The van der Waals surface area contributed by atoms with Gasteiger partial charge in [-0.2, -0.15) is 0 Å². The van der Waals surface area contributed by atoms with Crippen LogP contribution in [0.5, 0.6) is 0 Å². The lowest BCUT2D eigenvalue weighted by atomic mass is 9.81. The Labute approximate surface area is 124 Å². The third-order valence-corrected chi connectivity index (χ3v) is 5.14. The molecule has 0 aliphatic carbocycles. The van der Waals surface area contributed by atoms with E-state index in [-0.39, 0.29) is 11.3 Å². The first-order valence-electron chi connectivity index (χ1n) is 6.29. The molecule has 0 aromatic heterocycles. The molecule has 0 atom stereocenters. The molecule has 100 valence electrons. The van der Waals surface area contributed by atoms with Crippen LogP contribution in [0, 0.1) is 21.8 Å². The first kappa shape index (κ1) is 15.5. The largest absolute Gasteiger partial charge is 0.351 e. The Morgan fingerprint density at radius 1 is 1.39 bits per heavy atom. The number of hydrogen-bond acceptors (Lipinski definition) is 1. The van der Waals surface area contributed by atoms with Gasteiger partial charge < -0.3 is 5.32 Å². The number of amides is 1. The SMILES string of the molecule is Cc1cccc(C(=O)NCC(C)(C)C(C)C)c1I. The zero-order valence-electron chi connectivity index (χ0n) is 11.8. The van der Waals surface area contributed by atoms with Gasteiger partial charge in [0, 0.05) is 10.1 Å². The van der Waals surface area contributed by atoms with Gasteiger partial charge in [0.1, 0.15) is 0 Å². The number of rotatable bonds is 4. The second kappa shape index (κ2) is 6.04. The van der Waals surface area contributed by atoms with Crippen molar-refractivity contribution in [2.45, 2.75) is 34.6 Å². The third kappa shape index (κ3) is 3.70. The van der Waals surface area contributed by atoms with Crippen molar-refractivity contribution < 1.29 is 4.79 Å². The molecule has 1 aromatic rings. The summed E-state index contributed by atoms with van der Waals surface area (Å²) < 4.78 is 1.04. The molecule has 0 fully saturated rings. The van der Waals surface area contributed by atoms with Crippen LogP contribution < -0.4 is 5.32 Å². The van der Waals surface area contributed by atoms with Crippen LogP contribution in [0.2, 0.25) is 0 Å². The molecule has 0 aliphatic rings. The van der Waals surface area contributed by atoms with Gasteiger partial charge in [-0.3, -0.25) is 4.79 Å². The lowest BCUT2D eigenvalue weighted by Gasteiger charge is -2.29. The maximum Gasteiger partial charge on any atom is 0.252 e. The summed E-state index contributed by atoms with van der Waals surface area (Å²) in [5.74, 6) is 0.561. The smallest absolute Gasteiger partial charge is 0.252 e. The van der Waals surface area contributed by atoms with E-state index in [1.807, 2.05) is 25.1 Å². The van der Waals surface area contributed by atoms with Crippen LogP contribution in [-0.2, 0) is 0 Å². The van der Waals surface area contributed by atoms with Gasteiger partial charge >= 0.3 is 0 Å². The van der Waals surface area contributed by atoms with Gasteiger partial charge in [-0.05, 0) is 52.5 Å². The highest BCUT2D eigenvalue weighted by molar-refractivity contribution is 14.1. The summed E-state index contributed by atoms with van der Waals surface area (Å²) >= 11 is 2.23. The number of carbonyl (C=O) groups excluding carboxylic acids is 1. The molecule has 2 nitrogen and oxygen atoms in total. The Kier molecular flexibility index (Phi) is 5.20. The maximum absolute atomic E-state index is 12.2. The zero-order valence-corrected chi connectivity index (χ0v) is 14.0. The molecule has 0 spiro atoms. The van der Waals surface area contributed by atoms with E-state index in [1.54, 1.807) is 0 Å². The van der Waals surface area contributed by atoms with Gasteiger partial charge in [0.25, 0.3) is 5.91 Å². The molecular formula is C15H22INO. The molecule has 1 rings (SSSR count). The van der Waals surface area contributed by atoms with E-state index < -0.39 is 0 Å². The highest BCUT2D eigenvalue weighted by Crippen LogP contribution is 2.25. The van der Waals surface area contributed by atoms with Crippen LogP contribution in [0.3, 0.4) is 0 Å². The van der Waals surface area contributed by atoms with Gasteiger partial charge in [-0.1, -0.05) is 39.8 Å². The fourth-order valence-corrected chi connectivity index (χ4v) is 2.03. The summed E-state index contributed by atoms with van der Waals surface area (Å²) in [6, 6.07) is 5.84. The van der Waals surface area contributed by atoms with Crippen LogP contribution in [0.25, 0.3) is 0 Å². The molecular weight excluding hydrogens is 337 g/mol. The molecule has 1 aromatic carbocycles. The van der Waals surface area contributed by atoms with E-state index in [4.69, 9.17) is 0 Å². The number of aryl methyl sites for hydroxylation is 1. The van der Waals surface area contributed by atoms with Crippen LogP contribution in [0.1, 0.15) is 43.6 Å². The minimum absolute atomic E-state index is 0.0248. The Morgan fingerprint density at radius 3 is 2.56 bits per heavy atom. The molecule has 0 radical (unpaired) electrons. The lowest BCUT2D eigenvalue weighted by Crippen LogP contribution is -2.37. The standard InChI is InChI=1S/C15H22INO/c1-10(2)15(4,5)9-17-14(18)12-8-6-7-11(3)13(12)16/h6-8,10H,9H2,1-5H3,(H,17,18). The monoisotopic (exact) mass is 359 g/mol.